The largest absolute Gasteiger partial charge is 0.444 e. The Morgan fingerprint density at radius 1 is 1.41 bits per heavy atom. The molecule has 3 heterocycles. The highest BCUT2D eigenvalue weighted by Gasteiger charge is 2.29. The minimum absolute atomic E-state index is 0.0400. The maximum atomic E-state index is 13.1. The van der Waals surface area contributed by atoms with Crippen LogP contribution in [0.2, 0.25) is 5.15 Å². The molecule has 3 rings (SSSR count). The second kappa shape index (κ2) is 7.31. The van der Waals surface area contributed by atoms with Crippen molar-refractivity contribution < 1.29 is 13.9 Å². The summed E-state index contributed by atoms with van der Waals surface area (Å²) in [5.41, 5.74) is 1.63. The summed E-state index contributed by atoms with van der Waals surface area (Å²) in [7, 11) is 0. The summed E-state index contributed by atoms with van der Waals surface area (Å²) in [6.07, 6.45) is 2.74. The Morgan fingerprint density at radius 3 is 2.74 bits per heavy atom. The van der Waals surface area contributed by atoms with Crippen molar-refractivity contribution in [3.05, 3.63) is 41.1 Å². The molecule has 0 aromatic carbocycles. The molecule has 1 aliphatic rings. The standard InChI is InChI=1S/C19H22ClFN4O2/c1-11-10-25(18(26)27-19(2,3)4)8-7-13(11)15-16(20)24-17(23-15)14-6-5-12(21)9-22-14/h5-7,9,11H,8,10H2,1-4H3,(H,23,24)/t11-/m1/s1. The minimum atomic E-state index is -0.534. The van der Waals surface area contributed by atoms with E-state index in [1.54, 1.807) is 4.90 Å². The molecule has 1 aliphatic heterocycles. The lowest BCUT2D eigenvalue weighted by molar-refractivity contribution is 0.0251. The fourth-order valence-electron chi connectivity index (χ4n) is 2.92. The molecule has 0 aliphatic carbocycles. The molecule has 1 amide bonds. The van der Waals surface area contributed by atoms with Crippen LogP contribution in [0.5, 0.6) is 0 Å². The van der Waals surface area contributed by atoms with Crippen molar-refractivity contribution in [1.82, 2.24) is 19.9 Å². The number of hydrogen-bond acceptors (Lipinski definition) is 4. The number of pyridine rings is 1. The van der Waals surface area contributed by atoms with Crippen LogP contribution in [0.4, 0.5) is 9.18 Å². The third-order valence-electron chi connectivity index (χ3n) is 4.13. The molecule has 2 aromatic heterocycles. The van der Waals surface area contributed by atoms with Gasteiger partial charge >= 0.3 is 6.09 Å². The zero-order valence-electron chi connectivity index (χ0n) is 15.7. The fraction of sp³-hybridized carbons (Fsp3) is 0.421. The van der Waals surface area contributed by atoms with E-state index in [1.807, 2.05) is 33.8 Å². The Balaban J connectivity index is 1.81. The number of aromatic nitrogens is 3. The summed E-state index contributed by atoms with van der Waals surface area (Å²) in [5, 5.41) is 0.319. The van der Waals surface area contributed by atoms with Gasteiger partial charge in [-0.15, -0.1) is 0 Å². The Morgan fingerprint density at radius 2 is 2.15 bits per heavy atom. The molecule has 0 radical (unpaired) electrons. The summed E-state index contributed by atoms with van der Waals surface area (Å²) in [5.74, 6) is 0.0957. The zero-order valence-corrected chi connectivity index (χ0v) is 16.5. The van der Waals surface area contributed by atoms with Crippen LogP contribution in [0.3, 0.4) is 0 Å². The lowest BCUT2D eigenvalue weighted by atomic mass is 9.94. The molecule has 0 unspecified atom stereocenters. The normalized spacial score (nSPS) is 17.6. The van der Waals surface area contributed by atoms with Gasteiger partial charge in [0, 0.05) is 19.0 Å². The number of ether oxygens (including phenoxy) is 1. The number of carbonyl (C=O) groups excluding carboxylic acids is 1. The van der Waals surface area contributed by atoms with E-state index in [2.05, 4.69) is 15.0 Å². The number of nitrogens with one attached hydrogen (secondary N) is 1. The van der Waals surface area contributed by atoms with Crippen molar-refractivity contribution in [3.8, 4) is 11.5 Å². The van der Waals surface area contributed by atoms with Crippen LogP contribution < -0.4 is 0 Å². The molecular weight excluding hydrogens is 371 g/mol. The van der Waals surface area contributed by atoms with E-state index in [4.69, 9.17) is 16.3 Å². The molecule has 0 spiro atoms. The molecule has 0 saturated carbocycles. The van der Waals surface area contributed by atoms with E-state index >= 15 is 0 Å². The third-order valence-corrected chi connectivity index (χ3v) is 4.40. The van der Waals surface area contributed by atoms with Gasteiger partial charge in [-0.3, -0.25) is 0 Å². The smallest absolute Gasteiger partial charge is 0.410 e. The quantitative estimate of drug-likeness (QED) is 0.814. The van der Waals surface area contributed by atoms with Gasteiger partial charge in [-0.1, -0.05) is 24.6 Å². The van der Waals surface area contributed by atoms with Crippen molar-refractivity contribution in [2.75, 3.05) is 13.1 Å². The average Bonchev–Trinajstić information content (AvgIpc) is 2.95. The molecule has 6 nitrogen and oxygen atoms in total. The first-order chi connectivity index (χ1) is 12.6. The number of amides is 1. The second-order valence-electron chi connectivity index (χ2n) is 7.56. The predicted octanol–water partition coefficient (Wildman–Crippen LogP) is 4.53. The van der Waals surface area contributed by atoms with Gasteiger partial charge in [0.1, 0.15) is 17.1 Å². The van der Waals surface area contributed by atoms with E-state index in [0.29, 0.717) is 35.5 Å². The van der Waals surface area contributed by atoms with Gasteiger partial charge in [0.05, 0.1) is 11.9 Å². The second-order valence-corrected chi connectivity index (χ2v) is 7.92. The topological polar surface area (TPSA) is 71.1 Å². The van der Waals surface area contributed by atoms with Gasteiger partial charge in [0.2, 0.25) is 0 Å². The first-order valence-corrected chi connectivity index (χ1v) is 9.07. The highest BCUT2D eigenvalue weighted by atomic mass is 35.5. The molecule has 0 fully saturated rings. The molecule has 1 atom stereocenters. The van der Waals surface area contributed by atoms with Gasteiger partial charge in [-0.05, 0) is 38.5 Å². The van der Waals surface area contributed by atoms with Crippen LogP contribution in [-0.4, -0.2) is 44.6 Å². The number of hydrogen-bond donors (Lipinski definition) is 1. The predicted molar refractivity (Wildman–Crippen MR) is 102 cm³/mol. The molecular formula is C19H22ClFN4O2. The van der Waals surface area contributed by atoms with Crippen LogP contribution in [0.25, 0.3) is 17.1 Å². The molecule has 1 N–H and O–H groups in total. The Kier molecular flexibility index (Phi) is 5.24. The Hall–Kier alpha value is -2.41. The lowest BCUT2D eigenvalue weighted by Crippen LogP contribution is -2.41. The Bertz CT molecular complexity index is 871. The van der Waals surface area contributed by atoms with Crippen molar-refractivity contribution in [1.29, 1.82) is 0 Å². The average molecular weight is 393 g/mol. The monoisotopic (exact) mass is 392 g/mol. The number of nitrogens with zero attached hydrogens (tertiary/aromatic N) is 3. The van der Waals surface area contributed by atoms with Gasteiger partial charge in [-0.2, -0.15) is 0 Å². The minimum Gasteiger partial charge on any atom is -0.444 e. The SMILES string of the molecule is C[C@@H]1CN(C(=O)OC(C)(C)C)CC=C1c1[nH]c(-c2ccc(F)cn2)nc1Cl. The Labute approximate surface area is 162 Å². The first-order valence-electron chi connectivity index (χ1n) is 8.70. The summed E-state index contributed by atoms with van der Waals surface area (Å²) in [6, 6.07) is 2.86. The summed E-state index contributed by atoms with van der Waals surface area (Å²) in [4.78, 5) is 25.4. The van der Waals surface area contributed by atoms with Crippen molar-refractivity contribution in [2.45, 2.75) is 33.3 Å². The summed E-state index contributed by atoms with van der Waals surface area (Å²) >= 11 is 6.32. The number of aromatic amines is 1. The first kappa shape index (κ1) is 19.4. The van der Waals surface area contributed by atoms with E-state index in [1.165, 1.54) is 12.1 Å². The van der Waals surface area contributed by atoms with Gasteiger partial charge < -0.3 is 14.6 Å². The number of H-pyrrole nitrogens is 1. The molecule has 2 aromatic rings. The highest BCUT2D eigenvalue weighted by molar-refractivity contribution is 6.31. The number of imidazole rings is 1. The molecule has 0 saturated heterocycles. The van der Waals surface area contributed by atoms with E-state index in [-0.39, 0.29) is 12.0 Å². The van der Waals surface area contributed by atoms with Crippen LogP contribution in [0.1, 0.15) is 33.4 Å². The number of rotatable bonds is 2. The van der Waals surface area contributed by atoms with Crippen molar-refractivity contribution in [3.63, 3.8) is 0 Å². The van der Waals surface area contributed by atoms with Gasteiger partial charge in [0.25, 0.3) is 0 Å². The van der Waals surface area contributed by atoms with E-state index < -0.39 is 11.4 Å². The number of carbonyl (C=O) groups is 1. The van der Waals surface area contributed by atoms with E-state index in [0.717, 1.165) is 11.8 Å². The van der Waals surface area contributed by atoms with Gasteiger partial charge in [-0.25, -0.2) is 19.2 Å². The highest BCUT2D eigenvalue weighted by Crippen LogP contribution is 2.33. The molecule has 0 bridgehead atoms. The molecule has 27 heavy (non-hydrogen) atoms. The van der Waals surface area contributed by atoms with Gasteiger partial charge in [0.15, 0.2) is 11.0 Å². The van der Waals surface area contributed by atoms with E-state index in [9.17, 15) is 9.18 Å². The van der Waals surface area contributed by atoms with Crippen molar-refractivity contribution >= 4 is 23.3 Å². The fourth-order valence-corrected chi connectivity index (χ4v) is 3.16. The maximum absolute atomic E-state index is 13.1. The lowest BCUT2D eigenvalue weighted by Gasteiger charge is -2.32. The molecule has 8 heteroatoms. The zero-order chi connectivity index (χ0) is 19.8. The summed E-state index contributed by atoms with van der Waals surface area (Å²) < 4.78 is 18.5. The van der Waals surface area contributed by atoms with Crippen LogP contribution in [0.15, 0.2) is 24.4 Å². The van der Waals surface area contributed by atoms with Crippen LogP contribution in [0, 0.1) is 11.7 Å². The summed E-state index contributed by atoms with van der Waals surface area (Å²) in [6.45, 7) is 8.47. The molecule has 144 valence electrons. The third kappa shape index (κ3) is 4.47. The van der Waals surface area contributed by atoms with Crippen LogP contribution >= 0.6 is 11.6 Å². The number of halogens is 2. The maximum Gasteiger partial charge on any atom is 0.410 e. The van der Waals surface area contributed by atoms with Crippen LogP contribution in [-0.2, 0) is 4.74 Å². The van der Waals surface area contributed by atoms with Crippen molar-refractivity contribution in [2.24, 2.45) is 5.92 Å².